The van der Waals surface area contributed by atoms with Gasteiger partial charge in [0, 0.05) is 30.5 Å². The van der Waals surface area contributed by atoms with Crippen LogP contribution in [0.1, 0.15) is 15.9 Å². The van der Waals surface area contributed by atoms with E-state index in [0.717, 1.165) is 12.2 Å². The number of anilines is 1. The van der Waals surface area contributed by atoms with Crippen molar-refractivity contribution in [1.29, 1.82) is 0 Å². The van der Waals surface area contributed by atoms with Gasteiger partial charge in [-0.3, -0.25) is 9.59 Å². The van der Waals surface area contributed by atoms with Gasteiger partial charge in [0.2, 0.25) is 5.91 Å². The Kier molecular flexibility index (Phi) is 4.82. The summed E-state index contributed by atoms with van der Waals surface area (Å²) in [5, 5.41) is 13.4. The Morgan fingerprint density at radius 3 is 2.47 bits per heavy atom. The summed E-state index contributed by atoms with van der Waals surface area (Å²) in [7, 11) is 1.52. The number of carbonyl (C=O) groups excluding carboxylic acids is 2. The summed E-state index contributed by atoms with van der Waals surface area (Å²) in [6.45, 7) is 1.70. The molecule has 0 aliphatic carbocycles. The van der Waals surface area contributed by atoms with Crippen molar-refractivity contribution in [3.8, 4) is 0 Å². The van der Waals surface area contributed by atoms with Gasteiger partial charge in [-0.05, 0) is 24.6 Å². The smallest absolute Gasteiger partial charge is 0.328 e. The molecule has 0 radical (unpaired) electrons. The summed E-state index contributed by atoms with van der Waals surface area (Å²) in [5.41, 5.74) is 1.52. The maximum absolute atomic E-state index is 11.6. The van der Waals surface area contributed by atoms with E-state index < -0.39 is 11.9 Å². The monoisotopic (exact) mass is 262 g/mol. The molecule has 2 amide bonds. The number of aliphatic carboxylic acids is 1. The summed E-state index contributed by atoms with van der Waals surface area (Å²) in [4.78, 5) is 33.3. The maximum atomic E-state index is 11.6. The molecule has 0 aliphatic rings. The van der Waals surface area contributed by atoms with Crippen LogP contribution in [0, 0.1) is 6.92 Å². The lowest BCUT2D eigenvalue weighted by molar-refractivity contribution is -0.131. The molecule has 0 fully saturated rings. The number of hydrogen-bond acceptors (Lipinski definition) is 3. The third kappa shape index (κ3) is 3.95. The summed E-state index contributed by atoms with van der Waals surface area (Å²) < 4.78 is 0. The highest BCUT2D eigenvalue weighted by atomic mass is 16.4. The lowest BCUT2D eigenvalue weighted by Crippen LogP contribution is -2.20. The third-order valence-electron chi connectivity index (χ3n) is 2.44. The van der Waals surface area contributed by atoms with Gasteiger partial charge < -0.3 is 15.7 Å². The van der Waals surface area contributed by atoms with Gasteiger partial charge in [0.05, 0.1) is 0 Å². The van der Waals surface area contributed by atoms with Crippen LogP contribution >= 0.6 is 0 Å². The molecule has 0 unspecified atom stereocenters. The zero-order valence-electron chi connectivity index (χ0n) is 10.6. The van der Waals surface area contributed by atoms with Gasteiger partial charge in [-0.25, -0.2) is 4.79 Å². The van der Waals surface area contributed by atoms with Crippen LogP contribution in [0.15, 0.2) is 30.4 Å². The van der Waals surface area contributed by atoms with Gasteiger partial charge in [0.25, 0.3) is 5.91 Å². The van der Waals surface area contributed by atoms with Gasteiger partial charge in [-0.2, -0.15) is 0 Å². The molecular formula is C13H14N2O4. The molecule has 0 aliphatic heterocycles. The second-order valence-corrected chi connectivity index (χ2v) is 3.72. The minimum Gasteiger partial charge on any atom is -0.478 e. The highest BCUT2D eigenvalue weighted by molar-refractivity contribution is 6.04. The van der Waals surface area contributed by atoms with E-state index in [9.17, 15) is 14.4 Å². The molecule has 1 aromatic carbocycles. The first-order chi connectivity index (χ1) is 8.95. The van der Waals surface area contributed by atoms with E-state index in [1.54, 1.807) is 25.1 Å². The second-order valence-electron chi connectivity index (χ2n) is 3.72. The molecule has 1 rings (SSSR count). The average molecular weight is 262 g/mol. The minimum atomic E-state index is -1.20. The number of rotatable bonds is 4. The molecule has 0 aromatic heterocycles. The van der Waals surface area contributed by atoms with Gasteiger partial charge in [-0.1, -0.05) is 6.07 Å². The molecule has 3 N–H and O–H groups in total. The Morgan fingerprint density at radius 2 is 1.89 bits per heavy atom. The molecule has 0 atom stereocenters. The highest BCUT2D eigenvalue weighted by Gasteiger charge is 2.11. The first-order valence-electron chi connectivity index (χ1n) is 5.49. The van der Waals surface area contributed by atoms with Crippen LogP contribution in [0.5, 0.6) is 0 Å². The molecule has 0 bridgehead atoms. The van der Waals surface area contributed by atoms with Crippen LogP contribution in [-0.2, 0) is 9.59 Å². The largest absolute Gasteiger partial charge is 0.478 e. The number of carboxylic acid groups (broad SMARTS) is 1. The van der Waals surface area contributed by atoms with Crippen molar-refractivity contribution in [2.45, 2.75) is 6.92 Å². The van der Waals surface area contributed by atoms with Crippen molar-refractivity contribution in [2.75, 3.05) is 12.4 Å². The van der Waals surface area contributed by atoms with Crippen LogP contribution in [0.3, 0.4) is 0 Å². The van der Waals surface area contributed by atoms with Crippen molar-refractivity contribution in [3.05, 3.63) is 41.5 Å². The number of amides is 2. The van der Waals surface area contributed by atoms with Crippen LogP contribution in [0.4, 0.5) is 5.69 Å². The number of nitrogens with one attached hydrogen (secondary N) is 2. The predicted octanol–water partition coefficient (Wildman–Crippen LogP) is 0.934. The van der Waals surface area contributed by atoms with Crippen LogP contribution in [0.2, 0.25) is 0 Å². The van der Waals surface area contributed by atoms with E-state index in [4.69, 9.17) is 5.11 Å². The van der Waals surface area contributed by atoms with Crippen molar-refractivity contribution >= 4 is 23.5 Å². The standard InChI is InChI=1S/C13H14N2O4/c1-8-9(13(19)14-2)4-3-5-10(8)15-11(16)6-7-12(17)18/h3-7H,1-2H3,(H,14,19)(H,15,16)(H,17,18)/b7-6+. The van der Waals surface area contributed by atoms with Gasteiger partial charge >= 0.3 is 5.97 Å². The third-order valence-corrected chi connectivity index (χ3v) is 2.44. The highest BCUT2D eigenvalue weighted by Crippen LogP contribution is 2.18. The average Bonchev–Trinajstić information content (AvgIpc) is 2.38. The summed E-state index contributed by atoms with van der Waals surface area (Å²) in [6, 6.07) is 4.90. The Morgan fingerprint density at radius 1 is 1.21 bits per heavy atom. The van der Waals surface area contributed by atoms with Crippen molar-refractivity contribution < 1.29 is 19.5 Å². The lowest BCUT2D eigenvalue weighted by Gasteiger charge is -2.10. The molecule has 1 aromatic rings. The topological polar surface area (TPSA) is 95.5 Å². The number of hydrogen-bond donors (Lipinski definition) is 3. The van der Waals surface area contributed by atoms with Crippen molar-refractivity contribution in [2.24, 2.45) is 0 Å². The van der Waals surface area contributed by atoms with E-state index in [-0.39, 0.29) is 5.91 Å². The van der Waals surface area contributed by atoms with Gasteiger partial charge in [-0.15, -0.1) is 0 Å². The Bertz CT molecular complexity index is 550. The predicted molar refractivity (Wildman–Crippen MR) is 70.0 cm³/mol. The first kappa shape index (κ1) is 14.4. The Balaban J connectivity index is 2.94. The zero-order valence-corrected chi connectivity index (χ0v) is 10.6. The molecule has 0 saturated heterocycles. The molecular weight excluding hydrogens is 248 g/mol. The van der Waals surface area contributed by atoms with E-state index in [1.165, 1.54) is 7.05 Å². The van der Waals surface area contributed by atoms with Crippen molar-refractivity contribution in [3.63, 3.8) is 0 Å². The molecule has 100 valence electrons. The zero-order chi connectivity index (χ0) is 14.4. The summed E-state index contributed by atoms with van der Waals surface area (Å²) in [6.07, 6.45) is 1.65. The van der Waals surface area contributed by atoms with E-state index >= 15 is 0 Å². The minimum absolute atomic E-state index is 0.255. The molecule has 19 heavy (non-hydrogen) atoms. The fraction of sp³-hybridized carbons (Fsp3) is 0.154. The normalized spacial score (nSPS) is 10.2. The number of carbonyl (C=O) groups is 3. The molecule has 0 saturated carbocycles. The quantitative estimate of drug-likeness (QED) is 0.703. The summed E-state index contributed by atoms with van der Waals surface area (Å²) in [5.74, 6) is -2.03. The second kappa shape index (κ2) is 6.34. The van der Waals surface area contributed by atoms with Crippen LogP contribution in [0.25, 0.3) is 0 Å². The lowest BCUT2D eigenvalue weighted by atomic mass is 10.1. The molecule has 0 heterocycles. The Labute approximate surface area is 110 Å². The van der Waals surface area contributed by atoms with Crippen LogP contribution < -0.4 is 10.6 Å². The Hall–Kier alpha value is -2.63. The van der Waals surface area contributed by atoms with Gasteiger partial charge in [0.15, 0.2) is 0 Å². The molecule has 6 heteroatoms. The SMILES string of the molecule is CNC(=O)c1cccc(NC(=O)/C=C/C(=O)O)c1C. The first-order valence-corrected chi connectivity index (χ1v) is 5.49. The van der Waals surface area contributed by atoms with E-state index in [1.807, 2.05) is 0 Å². The molecule has 0 spiro atoms. The van der Waals surface area contributed by atoms with Crippen molar-refractivity contribution in [1.82, 2.24) is 5.32 Å². The van der Waals surface area contributed by atoms with E-state index in [0.29, 0.717) is 16.8 Å². The van der Waals surface area contributed by atoms with Gasteiger partial charge in [0.1, 0.15) is 0 Å². The maximum Gasteiger partial charge on any atom is 0.328 e. The molecule has 6 nitrogen and oxygen atoms in total. The summed E-state index contributed by atoms with van der Waals surface area (Å²) >= 11 is 0. The van der Waals surface area contributed by atoms with Crippen LogP contribution in [-0.4, -0.2) is 29.9 Å². The van der Waals surface area contributed by atoms with E-state index in [2.05, 4.69) is 10.6 Å². The fourth-order valence-corrected chi connectivity index (χ4v) is 1.47. The number of carboxylic acids is 1. The number of benzene rings is 1. The fourth-order valence-electron chi connectivity index (χ4n) is 1.47.